The van der Waals surface area contributed by atoms with Gasteiger partial charge in [0.25, 0.3) is 0 Å². The van der Waals surface area contributed by atoms with E-state index in [0.29, 0.717) is 6.42 Å². The van der Waals surface area contributed by atoms with E-state index in [1.165, 1.54) is 0 Å². The fourth-order valence-corrected chi connectivity index (χ4v) is 0.697. The summed E-state index contributed by atoms with van der Waals surface area (Å²) in [5, 5.41) is 0. The summed E-state index contributed by atoms with van der Waals surface area (Å²) < 4.78 is 5.10. The molecule has 1 nitrogen and oxygen atoms in total. The first-order chi connectivity index (χ1) is 5.93. The van der Waals surface area contributed by atoms with Crippen LogP contribution in [0.3, 0.4) is 0 Å². The fourth-order valence-electron chi connectivity index (χ4n) is 0.697. The molecular formula is C11H10O. The molecule has 1 heteroatoms. The van der Waals surface area contributed by atoms with Crippen molar-refractivity contribution >= 4 is 0 Å². The molecular weight excluding hydrogens is 148 g/mol. The lowest BCUT2D eigenvalue weighted by atomic mass is 10.3. The Hall–Kier alpha value is -1.68. The Morgan fingerprint density at radius 1 is 1.33 bits per heavy atom. The molecule has 0 unspecified atom stereocenters. The van der Waals surface area contributed by atoms with Gasteiger partial charge in [-0.2, -0.15) is 0 Å². The Morgan fingerprint density at radius 2 is 2.08 bits per heavy atom. The standard InChI is InChI=1S/C11H10O/c1-2-3-7-10-12-11-8-5-4-6-9-11/h2,4-6,8-9H,1,3H2. The molecule has 0 saturated heterocycles. The van der Waals surface area contributed by atoms with E-state index in [4.69, 9.17) is 4.74 Å². The van der Waals surface area contributed by atoms with Gasteiger partial charge in [0.05, 0.1) is 0 Å². The zero-order valence-corrected chi connectivity index (χ0v) is 6.79. The lowest BCUT2D eigenvalue weighted by molar-refractivity contribution is 0.519. The van der Waals surface area contributed by atoms with Crippen LogP contribution in [0, 0.1) is 12.0 Å². The normalized spacial score (nSPS) is 8.00. The van der Waals surface area contributed by atoms with Crippen molar-refractivity contribution in [1.82, 2.24) is 0 Å². The Bertz CT molecular complexity index is 290. The Morgan fingerprint density at radius 3 is 2.75 bits per heavy atom. The summed E-state index contributed by atoms with van der Waals surface area (Å²) in [7, 11) is 0. The molecule has 1 rings (SSSR count). The Balaban J connectivity index is 2.44. The predicted octanol–water partition coefficient (Wildman–Crippen LogP) is 2.60. The zero-order valence-electron chi connectivity index (χ0n) is 6.79. The molecule has 0 atom stereocenters. The minimum atomic E-state index is 0.660. The first kappa shape index (κ1) is 8.42. The van der Waals surface area contributed by atoms with E-state index in [1.807, 2.05) is 30.3 Å². The Labute approximate surface area is 72.7 Å². The van der Waals surface area contributed by atoms with Gasteiger partial charge in [0.15, 0.2) is 0 Å². The maximum atomic E-state index is 5.10. The minimum Gasteiger partial charge on any atom is -0.408 e. The summed E-state index contributed by atoms with van der Waals surface area (Å²) in [5.41, 5.74) is 0. The summed E-state index contributed by atoms with van der Waals surface area (Å²) in [6.45, 7) is 3.55. The highest BCUT2D eigenvalue weighted by molar-refractivity contribution is 5.23. The van der Waals surface area contributed by atoms with E-state index in [1.54, 1.807) is 6.08 Å². The van der Waals surface area contributed by atoms with Crippen LogP contribution in [0.25, 0.3) is 0 Å². The number of hydrogen-bond donors (Lipinski definition) is 0. The molecule has 0 aliphatic carbocycles. The van der Waals surface area contributed by atoms with Crippen LogP contribution >= 0.6 is 0 Å². The van der Waals surface area contributed by atoms with Crippen molar-refractivity contribution in [2.75, 3.05) is 0 Å². The van der Waals surface area contributed by atoms with Crippen LogP contribution in [0.2, 0.25) is 0 Å². The lowest BCUT2D eigenvalue weighted by Gasteiger charge is -1.92. The fraction of sp³-hybridized carbons (Fsp3) is 0.0909. The molecule has 0 N–H and O–H groups in total. The SMILES string of the molecule is C=CCC#COc1ccccc1. The molecule has 0 heterocycles. The van der Waals surface area contributed by atoms with Gasteiger partial charge in [-0.15, -0.1) is 6.58 Å². The lowest BCUT2D eigenvalue weighted by Crippen LogP contribution is -1.80. The van der Waals surface area contributed by atoms with Crippen molar-refractivity contribution in [2.45, 2.75) is 6.42 Å². The molecule has 1 aromatic carbocycles. The first-order valence-electron chi connectivity index (χ1n) is 3.74. The molecule has 60 valence electrons. The van der Waals surface area contributed by atoms with Crippen molar-refractivity contribution in [1.29, 1.82) is 0 Å². The molecule has 0 spiro atoms. The third kappa shape index (κ3) is 2.94. The van der Waals surface area contributed by atoms with Gasteiger partial charge >= 0.3 is 0 Å². The quantitative estimate of drug-likeness (QED) is 0.475. The summed E-state index contributed by atoms with van der Waals surface area (Å²) in [5.74, 6) is 3.57. The minimum absolute atomic E-state index is 0.660. The summed E-state index contributed by atoms with van der Waals surface area (Å²) in [4.78, 5) is 0. The average Bonchev–Trinajstić information content (AvgIpc) is 2.14. The highest BCUT2D eigenvalue weighted by Crippen LogP contribution is 2.06. The molecule has 0 bridgehead atoms. The van der Waals surface area contributed by atoms with E-state index < -0.39 is 0 Å². The Kier molecular flexibility index (Phi) is 3.53. The molecule has 0 amide bonds. The number of benzene rings is 1. The number of para-hydroxylation sites is 1. The van der Waals surface area contributed by atoms with Crippen molar-refractivity contribution < 1.29 is 4.74 Å². The number of hydrogen-bond acceptors (Lipinski definition) is 1. The highest BCUT2D eigenvalue weighted by Gasteiger charge is 1.84. The van der Waals surface area contributed by atoms with E-state index in [9.17, 15) is 0 Å². The van der Waals surface area contributed by atoms with Crippen LogP contribution in [0.15, 0.2) is 43.0 Å². The number of rotatable bonds is 2. The van der Waals surface area contributed by atoms with Crippen LogP contribution in [0.5, 0.6) is 5.75 Å². The van der Waals surface area contributed by atoms with Gasteiger partial charge in [0.2, 0.25) is 0 Å². The van der Waals surface area contributed by atoms with Gasteiger partial charge in [-0.05, 0) is 12.1 Å². The van der Waals surface area contributed by atoms with Crippen LogP contribution in [0.4, 0.5) is 0 Å². The summed E-state index contributed by atoms with van der Waals surface area (Å²) >= 11 is 0. The van der Waals surface area contributed by atoms with Gasteiger partial charge in [-0.25, -0.2) is 0 Å². The van der Waals surface area contributed by atoms with Crippen molar-refractivity contribution in [3.8, 4) is 17.8 Å². The monoisotopic (exact) mass is 158 g/mol. The predicted molar refractivity (Wildman–Crippen MR) is 49.7 cm³/mol. The summed E-state index contributed by atoms with van der Waals surface area (Å²) in [6.07, 6.45) is 4.98. The van der Waals surface area contributed by atoms with E-state index in [-0.39, 0.29) is 0 Å². The second kappa shape index (κ2) is 5.03. The third-order valence-corrected chi connectivity index (χ3v) is 1.23. The molecule has 0 saturated carbocycles. The molecule has 1 aromatic rings. The van der Waals surface area contributed by atoms with E-state index >= 15 is 0 Å². The van der Waals surface area contributed by atoms with Crippen LogP contribution in [0.1, 0.15) is 6.42 Å². The number of ether oxygens (including phenoxy) is 1. The molecule has 0 radical (unpaired) electrons. The van der Waals surface area contributed by atoms with Crippen molar-refractivity contribution in [3.05, 3.63) is 43.0 Å². The maximum absolute atomic E-state index is 5.10. The van der Waals surface area contributed by atoms with Gasteiger partial charge in [0.1, 0.15) is 11.9 Å². The van der Waals surface area contributed by atoms with E-state index in [2.05, 4.69) is 18.6 Å². The van der Waals surface area contributed by atoms with Crippen LogP contribution < -0.4 is 4.74 Å². The molecule has 0 fully saturated rings. The van der Waals surface area contributed by atoms with Gasteiger partial charge in [-0.3, -0.25) is 0 Å². The summed E-state index contributed by atoms with van der Waals surface area (Å²) in [6, 6.07) is 9.48. The molecule has 0 aliphatic rings. The van der Waals surface area contributed by atoms with Gasteiger partial charge in [-0.1, -0.05) is 30.2 Å². The van der Waals surface area contributed by atoms with Gasteiger partial charge in [0, 0.05) is 6.42 Å². The average molecular weight is 158 g/mol. The molecule has 0 aromatic heterocycles. The van der Waals surface area contributed by atoms with E-state index in [0.717, 1.165) is 5.75 Å². The zero-order chi connectivity index (χ0) is 8.65. The largest absolute Gasteiger partial charge is 0.408 e. The van der Waals surface area contributed by atoms with Crippen LogP contribution in [-0.4, -0.2) is 0 Å². The van der Waals surface area contributed by atoms with Gasteiger partial charge < -0.3 is 4.74 Å². The van der Waals surface area contributed by atoms with Crippen LogP contribution in [-0.2, 0) is 0 Å². The third-order valence-electron chi connectivity index (χ3n) is 1.23. The second-order valence-corrected chi connectivity index (χ2v) is 2.19. The van der Waals surface area contributed by atoms with Crippen molar-refractivity contribution in [2.24, 2.45) is 0 Å². The maximum Gasteiger partial charge on any atom is 0.140 e. The topological polar surface area (TPSA) is 9.23 Å². The second-order valence-electron chi connectivity index (χ2n) is 2.19. The smallest absolute Gasteiger partial charge is 0.140 e. The number of allylic oxidation sites excluding steroid dienone is 1. The molecule has 0 aliphatic heterocycles. The highest BCUT2D eigenvalue weighted by atomic mass is 16.5. The van der Waals surface area contributed by atoms with Crippen molar-refractivity contribution in [3.63, 3.8) is 0 Å². The first-order valence-corrected chi connectivity index (χ1v) is 3.74. The molecule has 12 heavy (non-hydrogen) atoms.